The fourth-order valence-corrected chi connectivity index (χ4v) is 3.72. The number of hydrogen-bond acceptors (Lipinski definition) is 7. The number of hydrogen-bond donors (Lipinski definition) is 1. The molecule has 3 aromatic rings. The van der Waals surface area contributed by atoms with Crippen LogP contribution in [0.5, 0.6) is 11.5 Å². The molecule has 0 aliphatic heterocycles. The van der Waals surface area contributed by atoms with Crippen molar-refractivity contribution in [2.45, 2.75) is 45.4 Å². The van der Waals surface area contributed by atoms with Crippen LogP contribution in [0.1, 0.15) is 66.2 Å². The zero-order valence-corrected chi connectivity index (χ0v) is 20.3. The van der Waals surface area contributed by atoms with Gasteiger partial charge in [0.05, 0.1) is 17.1 Å². The molecule has 0 fully saturated rings. The third-order valence-electron chi connectivity index (χ3n) is 5.74. The van der Waals surface area contributed by atoms with E-state index in [4.69, 9.17) is 15.2 Å². The Hall–Kier alpha value is -4.20. The summed E-state index contributed by atoms with van der Waals surface area (Å²) in [6.07, 6.45) is 7.23. The molecule has 3 aromatic carbocycles. The van der Waals surface area contributed by atoms with Crippen LogP contribution in [-0.2, 0) is 0 Å². The van der Waals surface area contributed by atoms with Gasteiger partial charge in [-0.25, -0.2) is 4.79 Å². The molecule has 0 atom stereocenters. The highest BCUT2D eigenvalue weighted by atomic mass is 16.6. The number of nitro groups is 1. The van der Waals surface area contributed by atoms with Gasteiger partial charge in [-0.2, -0.15) is 0 Å². The van der Waals surface area contributed by atoms with Gasteiger partial charge in [0.15, 0.2) is 5.75 Å². The Labute approximate surface area is 210 Å². The molecule has 0 spiro atoms. The normalized spacial score (nSPS) is 10.6. The van der Waals surface area contributed by atoms with E-state index in [1.165, 1.54) is 43.5 Å². The molecule has 0 bridgehead atoms. The van der Waals surface area contributed by atoms with E-state index in [9.17, 15) is 19.7 Å². The summed E-state index contributed by atoms with van der Waals surface area (Å²) in [6.45, 7) is 2.55. The number of benzene rings is 3. The minimum atomic E-state index is -0.571. The third-order valence-corrected chi connectivity index (χ3v) is 5.74. The van der Waals surface area contributed by atoms with E-state index in [-0.39, 0.29) is 11.4 Å². The van der Waals surface area contributed by atoms with Gasteiger partial charge in [-0.05, 0) is 48.4 Å². The number of nitrogens with zero attached hydrogens (tertiary/aromatic N) is 1. The molecule has 188 valence electrons. The fraction of sp³-hybridized carbons (Fsp3) is 0.286. The van der Waals surface area contributed by atoms with Crippen molar-refractivity contribution in [1.29, 1.82) is 0 Å². The quantitative estimate of drug-likeness (QED) is 0.0543. The first kappa shape index (κ1) is 26.4. The SMILES string of the molecule is CCCCCCCCOc1cc(N)c(-c2ccc(C(=O)Oc3ccc(C=O)cc3)cc2)cc1[N+](=O)[O-]. The molecular formula is C28H30N2O6. The van der Waals surface area contributed by atoms with E-state index in [0.717, 1.165) is 19.3 Å². The molecule has 0 aliphatic carbocycles. The Balaban J connectivity index is 1.69. The second kappa shape index (κ2) is 13.0. The van der Waals surface area contributed by atoms with Gasteiger partial charge in [-0.3, -0.25) is 14.9 Å². The molecule has 36 heavy (non-hydrogen) atoms. The maximum atomic E-state index is 12.4. The molecule has 3 rings (SSSR count). The van der Waals surface area contributed by atoms with Crippen molar-refractivity contribution in [3.8, 4) is 22.6 Å². The van der Waals surface area contributed by atoms with Gasteiger partial charge >= 0.3 is 11.7 Å². The highest BCUT2D eigenvalue weighted by molar-refractivity contribution is 5.92. The molecule has 0 saturated heterocycles. The van der Waals surface area contributed by atoms with Crippen LogP contribution in [0.3, 0.4) is 0 Å². The summed E-state index contributed by atoms with van der Waals surface area (Å²) in [7, 11) is 0. The number of anilines is 1. The van der Waals surface area contributed by atoms with Gasteiger partial charge in [0.1, 0.15) is 12.0 Å². The first-order valence-electron chi connectivity index (χ1n) is 12.0. The topological polar surface area (TPSA) is 122 Å². The first-order valence-corrected chi connectivity index (χ1v) is 12.0. The van der Waals surface area contributed by atoms with Gasteiger partial charge in [0.25, 0.3) is 0 Å². The summed E-state index contributed by atoms with van der Waals surface area (Å²) in [5, 5.41) is 11.7. The molecule has 0 saturated carbocycles. The summed E-state index contributed by atoms with van der Waals surface area (Å²) in [6, 6.07) is 15.5. The lowest BCUT2D eigenvalue weighted by Crippen LogP contribution is -2.08. The molecule has 8 nitrogen and oxygen atoms in total. The Bertz CT molecular complexity index is 1190. The molecule has 0 heterocycles. The molecule has 0 aliphatic rings. The number of nitro benzene ring substituents is 1. The summed E-state index contributed by atoms with van der Waals surface area (Å²) in [5.74, 6) is -0.112. The van der Waals surface area contributed by atoms with Crippen molar-refractivity contribution < 1.29 is 24.0 Å². The van der Waals surface area contributed by atoms with Gasteiger partial charge in [-0.15, -0.1) is 0 Å². The van der Waals surface area contributed by atoms with Crippen LogP contribution in [0.4, 0.5) is 11.4 Å². The standard InChI is InChI=1S/C28H30N2O6/c1-2-3-4-5-6-7-16-35-27-18-25(29)24(17-26(27)30(33)34)21-10-12-22(13-11-21)28(32)36-23-14-8-20(19-31)9-15-23/h8-15,17-19H,2-7,16,29H2,1H3. The Morgan fingerprint density at radius 2 is 1.64 bits per heavy atom. The van der Waals surface area contributed by atoms with Gasteiger partial charge in [-0.1, -0.05) is 51.2 Å². The Morgan fingerprint density at radius 1 is 0.972 bits per heavy atom. The average molecular weight is 491 g/mol. The summed E-state index contributed by atoms with van der Waals surface area (Å²) in [4.78, 5) is 34.4. The number of nitrogen functional groups attached to an aromatic ring is 1. The molecule has 0 unspecified atom stereocenters. The zero-order valence-electron chi connectivity index (χ0n) is 20.3. The van der Waals surface area contributed by atoms with Crippen LogP contribution in [0.25, 0.3) is 11.1 Å². The second-order valence-corrected chi connectivity index (χ2v) is 8.43. The van der Waals surface area contributed by atoms with E-state index in [1.54, 1.807) is 36.4 Å². The fourth-order valence-electron chi connectivity index (χ4n) is 3.72. The molecule has 0 aromatic heterocycles. The average Bonchev–Trinajstić information content (AvgIpc) is 2.88. The second-order valence-electron chi connectivity index (χ2n) is 8.43. The molecular weight excluding hydrogens is 460 g/mol. The van der Waals surface area contributed by atoms with Crippen LogP contribution in [0, 0.1) is 10.1 Å². The number of esters is 1. The van der Waals surface area contributed by atoms with Crippen molar-refractivity contribution in [3.63, 3.8) is 0 Å². The maximum Gasteiger partial charge on any atom is 0.343 e. The number of unbranched alkanes of at least 4 members (excludes halogenated alkanes) is 5. The molecule has 2 N–H and O–H groups in total. The monoisotopic (exact) mass is 490 g/mol. The predicted molar refractivity (Wildman–Crippen MR) is 139 cm³/mol. The van der Waals surface area contributed by atoms with Gasteiger partial charge < -0.3 is 15.2 Å². The minimum Gasteiger partial charge on any atom is -0.487 e. The molecule has 8 heteroatoms. The zero-order chi connectivity index (χ0) is 25.9. The van der Waals surface area contributed by atoms with Crippen molar-refractivity contribution >= 4 is 23.6 Å². The largest absolute Gasteiger partial charge is 0.487 e. The number of carbonyl (C=O) groups excluding carboxylic acids is 2. The summed E-state index contributed by atoms with van der Waals surface area (Å²) < 4.78 is 11.0. The van der Waals surface area contributed by atoms with Crippen LogP contribution >= 0.6 is 0 Å². The summed E-state index contributed by atoms with van der Waals surface area (Å²) in [5.41, 5.74) is 8.25. The molecule has 0 amide bonds. The Morgan fingerprint density at radius 3 is 2.28 bits per heavy atom. The lowest BCUT2D eigenvalue weighted by molar-refractivity contribution is -0.385. The predicted octanol–water partition coefficient (Wildman–Crippen LogP) is 6.62. The Kier molecular flexibility index (Phi) is 9.56. The van der Waals surface area contributed by atoms with E-state index < -0.39 is 10.9 Å². The maximum absolute atomic E-state index is 12.4. The number of ether oxygens (including phenoxy) is 2. The number of carbonyl (C=O) groups is 2. The highest BCUT2D eigenvalue weighted by Crippen LogP contribution is 2.37. The van der Waals surface area contributed by atoms with Crippen LogP contribution in [0.15, 0.2) is 60.7 Å². The van der Waals surface area contributed by atoms with E-state index in [2.05, 4.69) is 6.92 Å². The lowest BCUT2D eigenvalue weighted by Gasteiger charge is -2.12. The van der Waals surface area contributed by atoms with E-state index in [0.29, 0.717) is 46.6 Å². The van der Waals surface area contributed by atoms with Gasteiger partial charge in [0.2, 0.25) is 0 Å². The van der Waals surface area contributed by atoms with Crippen LogP contribution in [-0.4, -0.2) is 23.8 Å². The van der Waals surface area contributed by atoms with Gasteiger partial charge in [0, 0.05) is 28.9 Å². The van der Waals surface area contributed by atoms with Crippen LogP contribution < -0.4 is 15.2 Å². The smallest absolute Gasteiger partial charge is 0.343 e. The lowest BCUT2D eigenvalue weighted by atomic mass is 10.0. The number of aldehydes is 1. The van der Waals surface area contributed by atoms with Crippen molar-refractivity contribution in [2.24, 2.45) is 0 Å². The van der Waals surface area contributed by atoms with Crippen molar-refractivity contribution in [3.05, 3.63) is 81.9 Å². The van der Waals surface area contributed by atoms with Crippen molar-refractivity contribution in [2.75, 3.05) is 12.3 Å². The van der Waals surface area contributed by atoms with E-state index in [1.807, 2.05) is 0 Å². The first-order chi connectivity index (χ1) is 17.4. The number of nitrogens with two attached hydrogens (primary N) is 1. The minimum absolute atomic E-state index is 0.149. The van der Waals surface area contributed by atoms with Crippen molar-refractivity contribution in [1.82, 2.24) is 0 Å². The highest BCUT2D eigenvalue weighted by Gasteiger charge is 2.20. The van der Waals surface area contributed by atoms with E-state index >= 15 is 0 Å². The molecule has 0 radical (unpaired) electrons. The third kappa shape index (κ3) is 7.15. The number of rotatable bonds is 13. The summed E-state index contributed by atoms with van der Waals surface area (Å²) >= 11 is 0. The van der Waals surface area contributed by atoms with Crippen LogP contribution in [0.2, 0.25) is 0 Å².